The maximum Gasteiger partial charge on any atom is 0.258 e. The molecule has 2 fully saturated rings. The Labute approximate surface area is 193 Å². The number of carbonyl (C=O) groups is 1. The Morgan fingerprint density at radius 1 is 1.12 bits per heavy atom. The number of hydrogen-bond donors (Lipinski definition) is 1. The highest BCUT2D eigenvalue weighted by Gasteiger charge is 2.45. The number of amides is 1. The summed E-state index contributed by atoms with van der Waals surface area (Å²) in [6.45, 7) is 3.02. The minimum Gasteiger partial charge on any atom is -0.380 e. The van der Waals surface area contributed by atoms with E-state index in [0.717, 1.165) is 43.8 Å². The Bertz CT molecular complexity index is 1440. The smallest absolute Gasteiger partial charge is 0.258 e. The average molecular weight is 462 g/mol. The van der Waals surface area contributed by atoms with E-state index < -0.39 is 0 Å². The number of pyridine rings is 1. The number of likely N-dealkylation sites (tertiary alicyclic amines) is 1. The predicted molar refractivity (Wildman–Crippen MR) is 124 cm³/mol. The van der Waals surface area contributed by atoms with Crippen LogP contribution in [0.1, 0.15) is 16.8 Å². The Kier molecular flexibility index (Phi) is 4.60. The van der Waals surface area contributed by atoms with Gasteiger partial charge in [0, 0.05) is 40.0 Å². The fourth-order valence-electron chi connectivity index (χ4n) is 4.56. The second kappa shape index (κ2) is 7.54. The summed E-state index contributed by atoms with van der Waals surface area (Å²) < 4.78 is 6.93. The molecule has 1 N–H and O–H groups in total. The fourth-order valence-corrected chi connectivity index (χ4v) is 4.74. The molecule has 2 aromatic heterocycles. The summed E-state index contributed by atoms with van der Waals surface area (Å²) in [7, 11) is 0. The molecule has 1 spiro atoms. The van der Waals surface area contributed by atoms with Gasteiger partial charge in [0.1, 0.15) is 5.69 Å². The number of aromatic amines is 1. The maximum absolute atomic E-state index is 12.9. The third kappa shape index (κ3) is 3.51. The number of aromatic nitrogens is 4. The van der Waals surface area contributed by atoms with Crippen LogP contribution in [0.2, 0.25) is 5.02 Å². The van der Waals surface area contributed by atoms with Crippen LogP contribution in [0.4, 0.5) is 0 Å². The summed E-state index contributed by atoms with van der Waals surface area (Å²) in [5.41, 5.74) is 2.86. The fraction of sp³-hybridized carbons (Fsp3) is 0.250. The van der Waals surface area contributed by atoms with Crippen molar-refractivity contribution in [1.82, 2.24) is 24.9 Å². The molecule has 166 valence electrons. The van der Waals surface area contributed by atoms with E-state index in [0.29, 0.717) is 27.4 Å². The first-order chi connectivity index (χ1) is 16.0. The van der Waals surface area contributed by atoms with Crippen molar-refractivity contribution in [3.05, 3.63) is 75.7 Å². The van der Waals surface area contributed by atoms with Crippen LogP contribution in [-0.4, -0.2) is 57.1 Å². The lowest BCUT2D eigenvalue weighted by atomic mass is 9.85. The standard InChI is InChI=1S/C24H20ClN5O3/c25-17-3-6-20-16(9-17)10-19(22(31)26-20)21-11-30(28-27-21)18-4-1-15(2-5-18)23(32)29-8-7-24(12-29)13-33-14-24/h1-6,9-11H,7-8,12-14H2,(H,26,31). The quantitative estimate of drug-likeness (QED) is 0.505. The van der Waals surface area contributed by atoms with Gasteiger partial charge in [-0.25, -0.2) is 4.68 Å². The lowest BCUT2D eigenvalue weighted by molar-refractivity contribution is -0.103. The number of nitrogens with zero attached hydrogens (tertiary/aromatic N) is 4. The molecule has 4 aromatic rings. The summed E-state index contributed by atoms with van der Waals surface area (Å²) in [6.07, 6.45) is 2.69. The normalized spacial score (nSPS) is 16.9. The molecule has 1 amide bonds. The highest BCUT2D eigenvalue weighted by atomic mass is 35.5. The molecule has 0 atom stereocenters. The summed E-state index contributed by atoms with van der Waals surface area (Å²) in [5, 5.41) is 9.75. The Balaban J connectivity index is 1.24. The minimum absolute atomic E-state index is 0.0333. The van der Waals surface area contributed by atoms with Crippen LogP contribution >= 0.6 is 11.6 Å². The average Bonchev–Trinajstić information content (AvgIpc) is 3.47. The van der Waals surface area contributed by atoms with Crippen molar-refractivity contribution in [3.63, 3.8) is 0 Å². The molecule has 0 radical (unpaired) electrons. The van der Waals surface area contributed by atoms with Crippen molar-refractivity contribution in [2.75, 3.05) is 26.3 Å². The van der Waals surface area contributed by atoms with Crippen LogP contribution < -0.4 is 5.56 Å². The van der Waals surface area contributed by atoms with Gasteiger partial charge in [-0.15, -0.1) is 5.10 Å². The molecule has 8 nitrogen and oxygen atoms in total. The van der Waals surface area contributed by atoms with Crippen molar-refractivity contribution >= 4 is 28.4 Å². The van der Waals surface area contributed by atoms with Gasteiger partial charge in [0.05, 0.1) is 30.7 Å². The Morgan fingerprint density at radius 2 is 1.94 bits per heavy atom. The van der Waals surface area contributed by atoms with Crippen molar-refractivity contribution in [2.24, 2.45) is 5.41 Å². The van der Waals surface area contributed by atoms with Gasteiger partial charge in [0.15, 0.2) is 0 Å². The molecule has 4 heterocycles. The molecule has 0 bridgehead atoms. The van der Waals surface area contributed by atoms with Gasteiger partial charge in [0.25, 0.3) is 11.5 Å². The zero-order chi connectivity index (χ0) is 22.6. The number of halogens is 1. The molecule has 2 aliphatic rings. The monoisotopic (exact) mass is 461 g/mol. The lowest BCUT2D eigenvalue weighted by Gasteiger charge is -2.37. The number of carbonyl (C=O) groups excluding carboxylic acids is 1. The van der Waals surface area contributed by atoms with Gasteiger partial charge in [-0.2, -0.15) is 0 Å². The number of nitrogens with one attached hydrogen (secondary N) is 1. The van der Waals surface area contributed by atoms with Crippen molar-refractivity contribution in [1.29, 1.82) is 0 Å². The maximum atomic E-state index is 12.9. The summed E-state index contributed by atoms with van der Waals surface area (Å²) >= 11 is 6.09. The first-order valence-corrected chi connectivity index (χ1v) is 11.1. The minimum atomic E-state index is -0.252. The van der Waals surface area contributed by atoms with E-state index in [4.69, 9.17) is 16.3 Å². The lowest BCUT2D eigenvalue weighted by Crippen LogP contribution is -2.45. The first kappa shape index (κ1) is 20.1. The van der Waals surface area contributed by atoms with E-state index in [1.807, 2.05) is 17.0 Å². The number of rotatable bonds is 3. The molecule has 2 saturated heterocycles. The van der Waals surface area contributed by atoms with Crippen LogP contribution in [0.15, 0.2) is 59.5 Å². The molecular weight excluding hydrogens is 442 g/mol. The molecule has 0 saturated carbocycles. The second-order valence-electron chi connectivity index (χ2n) is 8.81. The first-order valence-electron chi connectivity index (χ1n) is 10.7. The van der Waals surface area contributed by atoms with Gasteiger partial charge in [0.2, 0.25) is 0 Å². The molecule has 0 aliphatic carbocycles. The van der Waals surface area contributed by atoms with E-state index in [1.165, 1.54) is 0 Å². The van der Waals surface area contributed by atoms with Gasteiger partial charge in [-0.3, -0.25) is 9.59 Å². The number of benzene rings is 2. The second-order valence-corrected chi connectivity index (χ2v) is 9.24. The van der Waals surface area contributed by atoms with Crippen molar-refractivity contribution in [2.45, 2.75) is 6.42 Å². The van der Waals surface area contributed by atoms with E-state index in [1.54, 1.807) is 47.3 Å². The highest BCUT2D eigenvalue weighted by molar-refractivity contribution is 6.31. The van der Waals surface area contributed by atoms with E-state index >= 15 is 0 Å². The SMILES string of the molecule is O=C(c1ccc(-n2cc(-c3cc4cc(Cl)ccc4[nH]c3=O)nn2)cc1)N1CCC2(COC2)C1. The van der Waals surface area contributed by atoms with E-state index in [2.05, 4.69) is 15.3 Å². The van der Waals surface area contributed by atoms with Gasteiger partial charge < -0.3 is 14.6 Å². The van der Waals surface area contributed by atoms with Crippen LogP contribution in [-0.2, 0) is 4.74 Å². The molecule has 33 heavy (non-hydrogen) atoms. The number of hydrogen-bond acceptors (Lipinski definition) is 5. The largest absolute Gasteiger partial charge is 0.380 e. The summed E-state index contributed by atoms with van der Waals surface area (Å²) in [4.78, 5) is 30.2. The third-order valence-corrected chi connectivity index (χ3v) is 6.73. The molecule has 0 unspecified atom stereocenters. The molecule has 2 aliphatic heterocycles. The van der Waals surface area contributed by atoms with Crippen LogP contribution in [0.5, 0.6) is 0 Å². The third-order valence-electron chi connectivity index (χ3n) is 6.50. The summed E-state index contributed by atoms with van der Waals surface area (Å²) in [5.74, 6) is 0.0333. The molecule has 6 rings (SSSR count). The topological polar surface area (TPSA) is 93.1 Å². The number of ether oxygens (including phenoxy) is 1. The highest BCUT2D eigenvalue weighted by Crippen LogP contribution is 2.38. The predicted octanol–water partition coefficient (Wildman–Crippen LogP) is 3.29. The zero-order valence-electron chi connectivity index (χ0n) is 17.6. The number of fused-ring (bicyclic) bond motifs is 1. The molecular formula is C24H20ClN5O3. The molecule has 9 heteroatoms. The van der Waals surface area contributed by atoms with Crippen molar-refractivity contribution in [3.8, 4) is 16.9 Å². The molecule has 2 aromatic carbocycles. The Hall–Kier alpha value is -3.49. The van der Waals surface area contributed by atoms with Crippen molar-refractivity contribution < 1.29 is 9.53 Å². The Morgan fingerprint density at radius 3 is 2.67 bits per heavy atom. The van der Waals surface area contributed by atoms with E-state index in [9.17, 15) is 9.59 Å². The summed E-state index contributed by atoms with van der Waals surface area (Å²) in [6, 6.07) is 14.3. The van der Waals surface area contributed by atoms with Crippen LogP contribution in [0.25, 0.3) is 27.8 Å². The van der Waals surface area contributed by atoms with Crippen LogP contribution in [0.3, 0.4) is 0 Å². The number of H-pyrrole nitrogens is 1. The zero-order valence-corrected chi connectivity index (χ0v) is 18.4. The van der Waals surface area contributed by atoms with Gasteiger partial charge in [-0.1, -0.05) is 16.8 Å². The van der Waals surface area contributed by atoms with E-state index in [-0.39, 0.29) is 16.9 Å². The van der Waals surface area contributed by atoms with Gasteiger partial charge in [-0.05, 0) is 55.0 Å². The van der Waals surface area contributed by atoms with Crippen LogP contribution in [0, 0.1) is 5.41 Å². The van der Waals surface area contributed by atoms with Gasteiger partial charge >= 0.3 is 0 Å².